The molecule has 4 nitrogen and oxygen atoms in total. The minimum absolute atomic E-state index is 0.0522. The van der Waals surface area contributed by atoms with Gasteiger partial charge in [-0.05, 0) is 38.0 Å². The highest BCUT2D eigenvalue weighted by molar-refractivity contribution is 5.94. The molecule has 0 saturated heterocycles. The Morgan fingerprint density at radius 3 is 2.78 bits per heavy atom. The van der Waals surface area contributed by atoms with Crippen molar-refractivity contribution in [2.75, 3.05) is 7.11 Å². The lowest BCUT2D eigenvalue weighted by atomic mass is 10.1. The van der Waals surface area contributed by atoms with Crippen molar-refractivity contribution >= 4 is 5.91 Å². The summed E-state index contributed by atoms with van der Waals surface area (Å²) in [5, 5.41) is 12.1. The highest BCUT2D eigenvalue weighted by atomic mass is 16.5. The second-order valence-corrected chi connectivity index (χ2v) is 4.59. The number of hydrogen-bond donors (Lipinski definition) is 2. The van der Waals surface area contributed by atoms with Gasteiger partial charge in [0.1, 0.15) is 0 Å². The molecule has 0 spiro atoms. The predicted molar refractivity (Wildman–Crippen MR) is 70.4 cm³/mol. The molecule has 0 heterocycles. The van der Waals surface area contributed by atoms with Crippen LogP contribution in [0.25, 0.3) is 0 Å². The summed E-state index contributed by atoms with van der Waals surface area (Å²) < 4.78 is 5.03. The zero-order valence-corrected chi connectivity index (χ0v) is 11.1. The van der Waals surface area contributed by atoms with E-state index in [1.807, 2.05) is 25.1 Å². The zero-order chi connectivity index (χ0) is 13.5. The van der Waals surface area contributed by atoms with Crippen LogP contribution in [0.15, 0.2) is 24.3 Å². The Labute approximate surface area is 108 Å². The molecule has 0 aliphatic heterocycles. The molecule has 0 aliphatic rings. The maximum Gasteiger partial charge on any atom is 0.251 e. The van der Waals surface area contributed by atoms with Crippen LogP contribution >= 0.6 is 0 Å². The van der Waals surface area contributed by atoms with Crippen molar-refractivity contribution < 1.29 is 14.6 Å². The Morgan fingerprint density at radius 1 is 1.44 bits per heavy atom. The Bertz CT molecular complexity index is 390. The second-order valence-electron chi connectivity index (χ2n) is 4.59. The molecule has 1 rings (SSSR count). The topological polar surface area (TPSA) is 58.6 Å². The SMILES string of the molecule is COCc1cccc(C(=O)NC(C)CC(C)O)c1. The van der Waals surface area contributed by atoms with E-state index in [4.69, 9.17) is 4.74 Å². The quantitative estimate of drug-likeness (QED) is 0.809. The molecule has 0 radical (unpaired) electrons. The van der Waals surface area contributed by atoms with Crippen LogP contribution < -0.4 is 5.32 Å². The monoisotopic (exact) mass is 251 g/mol. The van der Waals surface area contributed by atoms with Gasteiger partial charge < -0.3 is 15.2 Å². The smallest absolute Gasteiger partial charge is 0.251 e. The van der Waals surface area contributed by atoms with E-state index in [-0.39, 0.29) is 11.9 Å². The van der Waals surface area contributed by atoms with E-state index in [2.05, 4.69) is 5.32 Å². The number of hydrogen-bond acceptors (Lipinski definition) is 3. The van der Waals surface area contributed by atoms with Gasteiger partial charge in [0.05, 0.1) is 12.7 Å². The van der Waals surface area contributed by atoms with Crippen molar-refractivity contribution in [2.45, 2.75) is 39.0 Å². The number of amides is 1. The molecule has 1 amide bonds. The number of carbonyl (C=O) groups is 1. The molecule has 1 aromatic rings. The number of benzene rings is 1. The molecule has 0 bridgehead atoms. The summed E-state index contributed by atoms with van der Waals surface area (Å²) in [5.74, 6) is -0.124. The average molecular weight is 251 g/mol. The molecule has 2 unspecified atom stereocenters. The van der Waals surface area contributed by atoms with Crippen LogP contribution in [0.2, 0.25) is 0 Å². The van der Waals surface area contributed by atoms with Crippen molar-refractivity contribution in [1.82, 2.24) is 5.32 Å². The largest absolute Gasteiger partial charge is 0.393 e. The molecule has 0 saturated carbocycles. The summed E-state index contributed by atoms with van der Waals surface area (Å²) in [6, 6.07) is 7.28. The summed E-state index contributed by atoms with van der Waals surface area (Å²) in [4.78, 5) is 12.0. The first-order valence-electron chi connectivity index (χ1n) is 6.09. The average Bonchev–Trinajstić information content (AvgIpc) is 2.28. The number of aliphatic hydroxyl groups is 1. The number of methoxy groups -OCH3 is 1. The van der Waals surface area contributed by atoms with Gasteiger partial charge in [-0.25, -0.2) is 0 Å². The van der Waals surface area contributed by atoms with E-state index in [1.54, 1.807) is 20.1 Å². The fourth-order valence-electron chi connectivity index (χ4n) is 1.85. The molecule has 18 heavy (non-hydrogen) atoms. The van der Waals surface area contributed by atoms with Gasteiger partial charge in [0, 0.05) is 18.7 Å². The van der Waals surface area contributed by atoms with Gasteiger partial charge in [-0.3, -0.25) is 4.79 Å². The molecular weight excluding hydrogens is 230 g/mol. The van der Waals surface area contributed by atoms with Crippen LogP contribution in [-0.2, 0) is 11.3 Å². The minimum atomic E-state index is -0.417. The third kappa shape index (κ3) is 4.85. The van der Waals surface area contributed by atoms with Crippen LogP contribution in [-0.4, -0.2) is 30.3 Å². The van der Waals surface area contributed by atoms with Crippen LogP contribution in [0, 0.1) is 0 Å². The third-order valence-corrected chi connectivity index (χ3v) is 2.57. The van der Waals surface area contributed by atoms with E-state index in [1.165, 1.54) is 0 Å². The van der Waals surface area contributed by atoms with Crippen LogP contribution in [0.4, 0.5) is 0 Å². The van der Waals surface area contributed by atoms with Gasteiger partial charge in [-0.15, -0.1) is 0 Å². The van der Waals surface area contributed by atoms with Gasteiger partial charge in [-0.1, -0.05) is 12.1 Å². The van der Waals surface area contributed by atoms with E-state index in [9.17, 15) is 9.90 Å². The highest BCUT2D eigenvalue weighted by Crippen LogP contribution is 2.07. The lowest BCUT2D eigenvalue weighted by molar-refractivity contribution is 0.0922. The Hall–Kier alpha value is -1.39. The summed E-state index contributed by atoms with van der Waals surface area (Å²) in [6.45, 7) is 4.08. The van der Waals surface area contributed by atoms with Gasteiger partial charge in [0.15, 0.2) is 0 Å². The highest BCUT2D eigenvalue weighted by Gasteiger charge is 2.11. The molecule has 2 N–H and O–H groups in total. The fraction of sp³-hybridized carbons (Fsp3) is 0.500. The first-order chi connectivity index (χ1) is 8.52. The minimum Gasteiger partial charge on any atom is -0.393 e. The number of aliphatic hydroxyl groups excluding tert-OH is 1. The van der Waals surface area contributed by atoms with Crippen molar-refractivity contribution in [3.63, 3.8) is 0 Å². The maximum absolute atomic E-state index is 12.0. The van der Waals surface area contributed by atoms with Crippen molar-refractivity contribution in [3.8, 4) is 0 Å². The van der Waals surface area contributed by atoms with Crippen molar-refractivity contribution in [3.05, 3.63) is 35.4 Å². The number of ether oxygens (including phenoxy) is 1. The number of rotatable bonds is 6. The lowest BCUT2D eigenvalue weighted by Crippen LogP contribution is -2.34. The van der Waals surface area contributed by atoms with Gasteiger partial charge in [0.25, 0.3) is 5.91 Å². The van der Waals surface area contributed by atoms with E-state index in [0.717, 1.165) is 5.56 Å². The Balaban J connectivity index is 2.63. The maximum atomic E-state index is 12.0. The van der Waals surface area contributed by atoms with E-state index in [0.29, 0.717) is 18.6 Å². The molecule has 4 heteroatoms. The number of nitrogens with one attached hydrogen (secondary N) is 1. The van der Waals surface area contributed by atoms with Crippen molar-refractivity contribution in [1.29, 1.82) is 0 Å². The van der Waals surface area contributed by atoms with Crippen LogP contribution in [0.1, 0.15) is 36.2 Å². The molecule has 0 aromatic heterocycles. The molecule has 100 valence electrons. The van der Waals surface area contributed by atoms with Gasteiger partial charge in [0.2, 0.25) is 0 Å². The van der Waals surface area contributed by atoms with Gasteiger partial charge in [-0.2, -0.15) is 0 Å². The van der Waals surface area contributed by atoms with Crippen LogP contribution in [0.5, 0.6) is 0 Å². The van der Waals surface area contributed by atoms with E-state index >= 15 is 0 Å². The van der Waals surface area contributed by atoms with Crippen LogP contribution in [0.3, 0.4) is 0 Å². The normalized spacial score (nSPS) is 14.0. The standard InChI is InChI=1S/C14H21NO3/c1-10(7-11(2)16)15-14(17)13-6-4-5-12(8-13)9-18-3/h4-6,8,10-11,16H,7,9H2,1-3H3,(H,15,17). The molecule has 2 atom stereocenters. The summed E-state index contributed by atoms with van der Waals surface area (Å²) in [6.07, 6.45) is 0.129. The predicted octanol–water partition coefficient (Wildman–Crippen LogP) is 1.72. The Morgan fingerprint density at radius 2 is 2.17 bits per heavy atom. The summed E-state index contributed by atoms with van der Waals surface area (Å²) in [7, 11) is 1.62. The molecule has 0 fully saturated rings. The van der Waals surface area contributed by atoms with Crippen molar-refractivity contribution in [2.24, 2.45) is 0 Å². The number of carbonyl (C=O) groups excluding carboxylic acids is 1. The first kappa shape index (κ1) is 14.7. The molecule has 1 aromatic carbocycles. The van der Waals surface area contributed by atoms with E-state index < -0.39 is 6.10 Å². The third-order valence-electron chi connectivity index (χ3n) is 2.57. The molecule has 0 aliphatic carbocycles. The Kier molecular flexibility index (Phi) is 5.82. The van der Waals surface area contributed by atoms with Gasteiger partial charge >= 0.3 is 0 Å². The summed E-state index contributed by atoms with van der Waals surface area (Å²) in [5.41, 5.74) is 1.58. The zero-order valence-electron chi connectivity index (χ0n) is 11.1. The summed E-state index contributed by atoms with van der Waals surface area (Å²) >= 11 is 0. The lowest BCUT2D eigenvalue weighted by Gasteiger charge is -2.15. The fourth-order valence-corrected chi connectivity index (χ4v) is 1.85. The second kappa shape index (κ2) is 7.13. The molecular formula is C14H21NO3. The first-order valence-corrected chi connectivity index (χ1v) is 6.09.